The number of aromatic nitrogens is 1. The van der Waals surface area contributed by atoms with E-state index in [4.69, 9.17) is 4.43 Å². The normalized spacial score (nSPS) is 25.0. The minimum absolute atomic E-state index is 0.184. The van der Waals surface area contributed by atoms with Crippen molar-refractivity contribution in [3.63, 3.8) is 0 Å². The number of aromatic amines is 1. The smallest absolute Gasteiger partial charge is 0.192 e. The van der Waals surface area contributed by atoms with Gasteiger partial charge in [0.05, 0.1) is 6.10 Å². The van der Waals surface area contributed by atoms with Crippen molar-refractivity contribution in [2.24, 2.45) is 5.41 Å². The maximum atomic E-state index is 7.19. The Morgan fingerprint density at radius 2 is 1.81 bits per heavy atom. The molecular weight excluding hydrogens is 346 g/mol. The zero-order chi connectivity index (χ0) is 19.8. The third-order valence-corrected chi connectivity index (χ3v) is 12.1. The minimum Gasteiger partial charge on any atom is -0.412 e. The lowest BCUT2D eigenvalue weighted by atomic mass is 9.66. The highest BCUT2D eigenvalue weighted by atomic mass is 28.4. The number of fused-ring (bicyclic) bond motifs is 5. The summed E-state index contributed by atoms with van der Waals surface area (Å²) in [5.41, 5.74) is 7.38. The van der Waals surface area contributed by atoms with Gasteiger partial charge in [-0.15, -0.1) is 0 Å². The quantitative estimate of drug-likeness (QED) is 0.544. The first-order valence-electron chi connectivity index (χ1n) is 10.4. The van der Waals surface area contributed by atoms with Gasteiger partial charge >= 0.3 is 0 Å². The van der Waals surface area contributed by atoms with E-state index < -0.39 is 8.32 Å². The fourth-order valence-electron chi connectivity index (χ4n) is 4.80. The second-order valence-electron chi connectivity index (χ2n) is 10.9. The molecule has 2 aromatic rings. The highest BCUT2D eigenvalue weighted by Gasteiger charge is 2.51. The van der Waals surface area contributed by atoms with E-state index in [9.17, 15) is 0 Å². The summed E-state index contributed by atoms with van der Waals surface area (Å²) in [6.07, 6.45) is 2.65. The van der Waals surface area contributed by atoms with Crippen LogP contribution in [0.4, 0.5) is 0 Å². The van der Waals surface area contributed by atoms with Crippen molar-refractivity contribution < 1.29 is 4.43 Å². The van der Waals surface area contributed by atoms with E-state index in [2.05, 4.69) is 83.9 Å². The van der Waals surface area contributed by atoms with Crippen LogP contribution >= 0.6 is 0 Å². The Bertz CT molecular complexity index is 925. The number of rotatable bonds is 2. The van der Waals surface area contributed by atoms with Crippen LogP contribution in [0.5, 0.6) is 0 Å². The van der Waals surface area contributed by atoms with Crippen molar-refractivity contribution >= 4 is 24.8 Å². The third kappa shape index (κ3) is 2.77. The summed E-state index contributed by atoms with van der Waals surface area (Å²) in [6.45, 7) is 19.0. The predicted octanol–water partition coefficient (Wildman–Crippen LogP) is 7.25. The van der Waals surface area contributed by atoms with Crippen molar-refractivity contribution in [2.75, 3.05) is 0 Å². The lowest BCUT2D eigenvalue weighted by molar-refractivity contribution is 0.0257. The van der Waals surface area contributed by atoms with Crippen LogP contribution in [0.3, 0.4) is 0 Å². The fraction of sp³-hybridized carbons (Fsp3) is 0.583. The van der Waals surface area contributed by atoms with Crippen LogP contribution in [0.15, 0.2) is 29.8 Å². The summed E-state index contributed by atoms with van der Waals surface area (Å²) < 4.78 is 7.19. The van der Waals surface area contributed by atoms with Gasteiger partial charge in [-0.3, -0.25) is 0 Å². The molecular formula is C24H35NOSi. The van der Waals surface area contributed by atoms with Crippen LogP contribution in [-0.4, -0.2) is 19.4 Å². The fourth-order valence-corrected chi connectivity index (χ4v) is 6.24. The van der Waals surface area contributed by atoms with Gasteiger partial charge < -0.3 is 9.41 Å². The molecule has 27 heavy (non-hydrogen) atoms. The van der Waals surface area contributed by atoms with Crippen molar-refractivity contribution in [1.29, 1.82) is 0 Å². The van der Waals surface area contributed by atoms with Crippen LogP contribution in [0.1, 0.15) is 71.6 Å². The van der Waals surface area contributed by atoms with Gasteiger partial charge in [0.25, 0.3) is 0 Å². The minimum atomic E-state index is -1.86. The van der Waals surface area contributed by atoms with Crippen LogP contribution in [0.25, 0.3) is 16.5 Å². The van der Waals surface area contributed by atoms with Gasteiger partial charge in [-0.05, 0) is 60.5 Å². The van der Waals surface area contributed by atoms with Gasteiger partial charge in [0.1, 0.15) is 0 Å². The molecule has 0 spiro atoms. The molecule has 3 heteroatoms. The largest absolute Gasteiger partial charge is 0.412 e. The molecule has 2 nitrogen and oxygen atoms in total. The first kappa shape index (κ1) is 19.0. The van der Waals surface area contributed by atoms with Crippen LogP contribution in [0, 0.1) is 5.41 Å². The predicted molar refractivity (Wildman–Crippen MR) is 119 cm³/mol. The Hall–Kier alpha value is -1.32. The number of hydrogen-bond acceptors (Lipinski definition) is 1. The van der Waals surface area contributed by atoms with Gasteiger partial charge in [0.15, 0.2) is 8.32 Å². The Kier molecular flexibility index (Phi) is 4.11. The van der Waals surface area contributed by atoms with Gasteiger partial charge in [-0.25, -0.2) is 0 Å². The van der Waals surface area contributed by atoms with E-state index in [0.29, 0.717) is 5.92 Å². The number of allylic oxidation sites excluding steroid dienone is 1. The molecule has 2 atom stereocenters. The monoisotopic (exact) mass is 381 g/mol. The van der Waals surface area contributed by atoms with Gasteiger partial charge in [0, 0.05) is 22.5 Å². The number of para-hydroxylation sites is 1. The summed E-state index contributed by atoms with van der Waals surface area (Å²) >= 11 is 0. The highest BCUT2D eigenvalue weighted by Crippen LogP contribution is 2.58. The van der Waals surface area contributed by atoms with Crippen LogP contribution in [0.2, 0.25) is 18.1 Å². The molecule has 0 radical (unpaired) electrons. The zero-order valence-electron chi connectivity index (χ0n) is 18.3. The van der Waals surface area contributed by atoms with Gasteiger partial charge in [-0.2, -0.15) is 0 Å². The van der Waals surface area contributed by atoms with Crippen LogP contribution < -0.4 is 0 Å². The molecule has 1 aromatic carbocycles. The number of hydrogen-bond donors (Lipinski definition) is 1. The number of benzene rings is 1. The van der Waals surface area contributed by atoms with E-state index in [-0.39, 0.29) is 16.6 Å². The first-order valence-corrected chi connectivity index (χ1v) is 13.3. The van der Waals surface area contributed by atoms with Crippen molar-refractivity contribution in [2.45, 2.75) is 84.5 Å². The first-order chi connectivity index (χ1) is 12.4. The topological polar surface area (TPSA) is 25.0 Å². The summed E-state index contributed by atoms with van der Waals surface area (Å²) in [5, 5.41) is 1.61. The molecule has 146 valence electrons. The second kappa shape index (κ2) is 5.84. The van der Waals surface area contributed by atoms with Gasteiger partial charge in [-0.1, -0.05) is 58.4 Å². The molecule has 1 aromatic heterocycles. The summed E-state index contributed by atoms with van der Waals surface area (Å²) in [5.74, 6) is 0.397. The lowest BCUT2D eigenvalue weighted by Crippen LogP contribution is -2.51. The Morgan fingerprint density at radius 1 is 1.15 bits per heavy atom. The molecule has 0 unspecified atom stereocenters. The van der Waals surface area contributed by atoms with Crippen molar-refractivity contribution in [1.82, 2.24) is 4.98 Å². The highest BCUT2D eigenvalue weighted by molar-refractivity contribution is 6.74. The molecule has 2 aliphatic carbocycles. The number of H-pyrrole nitrogens is 1. The molecule has 1 fully saturated rings. The molecule has 0 saturated heterocycles. The summed E-state index contributed by atoms with van der Waals surface area (Å²) in [7, 11) is -1.86. The molecule has 4 rings (SSSR count). The van der Waals surface area contributed by atoms with E-state index in [1.807, 2.05) is 0 Å². The summed E-state index contributed by atoms with van der Waals surface area (Å²) in [6, 6.07) is 8.79. The van der Waals surface area contributed by atoms with Gasteiger partial charge in [0.2, 0.25) is 0 Å². The number of nitrogens with one attached hydrogen (secondary N) is 1. The molecule has 1 heterocycles. The summed E-state index contributed by atoms with van der Waals surface area (Å²) in [4.78, 5) is 3.72. The molecule has 1 saturated carbocycles. The third-order valence-electron chi connectivity index (χ3n) is 7.63. The van der Waals surface area contributed by atoms with E-state index in [0.717, 1.165) is 0 Å². The maximum Gasteiger partial charge on any atom is 0.192 e. The SMILES string of the molecule is CC1=C2CCC(C)(C)[C@H](O[Si](C)(C)C(C)(C)C)[C@H]2c2c1[nH]c1ccccc21. The van der Waals surface area contributed by atoms with Crippen molar-refractivity contribution in [3.05, 3.63) is 41.1 Å². The molecule has 0 amide bonds. The molecule has 0 bridgehead atoms. The van der Waals surface area contributed by atoms with E-state index in [1.54, 1.807) is 5.57 Å². The second-order valence-corrected chi connectivity index (χ2v) is 15.6. The molecule has 2 aliphatic rings. The zero-order valence-corrected chi connectivity index (χ0v) is 19.3. The molecule has 1 N–H and O–H groups in total. The lowest BCUT2D eigenvalue weighted by Gasteiger charge is -2.50. The maximum absolute atomic E-state index is 7.19. The van der Waals surface area contributed by atoms with E-state index in [1.165, 1.54) is 40.6 Å². The Labute approximate surface area is 165 Å². The average molecular weight is 382 g/mol. The van der Waals surface area contributed by atoms with Crippen molar-refractivity contribution in [3.8, 4) is 0 Å². The molecule has 0 aliphatic heterocycles. The Morgan fingerprint density at radius 3 is 2.48 bits per heavy atom. The Balaban J connectivity index is 1.87. The van der Waals surface area contributed by atoms with Crippen LogP contribution in [-0.2, 0) is 4.43 Å². The average Bonchev–Trinajstić information content (AvgIpc) is 3.05. The van der Waals surface area contributed by atoms with E-state index >= 15 is 0 Å². The standard InChI is InChI=1S/C24H35NOSi/c1-15-16-13-14-24(5,6)22(26-27(7,8)23(2,3)4)20(16)19-17-11-9-10-12-18(17)25-21(15)19/h9-12,20,22,25H,13-14H2,1-8H3/t20-,22-/m1/s1.